The molecule has 9 aromatic rings. The summed E-state index contributed by atoms with van der Waals surface area (Å²) in [5.41, 5.74) is 12.5. The number of fused-ring (bicyclic) bond motifs is 1. The average molecular weight is 611 g/mol. The SMILES string of the molecule is C/C=C\c1ccc(-c2cccc(-c3ccc(-c4cccc(-c5ccc6ccc7cccc8ccc5c6c78)c4)cc3)c2)c2cccc(C)c12. The van der Waals surface area contributed by atoms with E-state index in [1.54, 1.807) is 0 Å². The Balaban J connectivity index is 1.07. The maximum atomic E-state index is 2.34. The number of hydrogen-bond acceptors (Lipinski definition) is 0. The Bertz CT molecular complexity index is 2650. The van der Waals surface area contributed by atoms with Crippen LogP contribution in [-0.4, -0.2) is 0 Å². The van der Waals surface area contributed by atoms with Crippen LogP contribution >= 0.6 is 0 Å². The van der Waals surface area contributed by atoms with Gasteiger partial charge < -0.3 is 0 Å². The van der Waals surface area contributed by atoms with Gasteiger partial charge in [0.2, 0.25) is 0 Å². The molecule has 0 bridgehead atoms. The highest BCUT2D eigenvalue weighted by Crippen LogP contribution is 2.40. The van der Waals surface area contributed by atoms with E-state index in [1.807, 2.05) is 0 Å². The van der Waals surface area contributed by atoms with Gasteiger partial charge in [-0.25, -0.2) is 0 Å². The van der Waals surface area contributed by atoms with Gasteiger partial charge in [-0.1, -0.05) is 158 Å². The summed E-state index contributed by atoms with van der Waals surface area (Å²) in [6, 6.07) is 58.4. The molecular weight excluding hydrogens is 577 g/mol. The van der Waals surface area contributed by atoms with Gasteiger partial charge >= 0.3 is 0 Å². The molecule has 0 N–H and O–H groups in total. The number of hydrogen-bond donors (Lipinski definition) is 0. The van der Waals surface area contributed by atoms with Crippen molar-refractivity contribution < 1.29 is 0 Å². The smallest absolute Gasteiger partial charge is 0.00206 e. The van der Waals surface area contributed by atoms with Crippen LogP contribution in [0.15, 0.2) is 164 Å². The van der Waals surface area contributed by atoms with Crippen molar-refractivity contribution >= 4 is 49.2 Å². The number of aryl methyl sites for hydroxylation is 1. The summed E-state index contributed by atoms with van der Waals surface area (Å²) in [5.74, 6) is 0. The normalized spacial score (nSPS) is 11.9. The Labute approximate surface area is 281 Å². The van der Waals surface area contributed by atoms with Gasteiger partial charge in [0, 0.05) is 0 Å². The topological polar surface area (TPSA) is 0 Å². The van der Waals surface area contributed by atoms with E-state index in [4.69, 9.17) is 0 Å². The first-order valence-corrected chi connectivity index (χ1v) is 16.8. The minimum atomic E-state index is 1.22. The molecule has 48 heavy (non-hydrogen) atoms. The van der Waals surface area contributed by atoms with E-state index in [-0.39, 0.29) is 0 Å². The maximum absolute atomic E-state index is 2.34. The second kappa shape index (κ2) is 11.4. The van der Waals surface area contributed by atoms with Crippen LogP contribution in [0.5, 0.6) is 0 Å². The molecule has 0 radical (unpaired) electrons. The van der Waals surface area contributed by atoms with Gasteiger partial charge in [-0.05, 0) is 125 Å². The summed E-state index contributed by atoms with van der Waals surface area (Å²) in [7, 11) is 0. The summed E-state index contributed by atoms with van der Waals surface area (Å²) >= 11 is 0. The van der Waals surface area contributed by atoms with E-state index in [0.717, 1.165) is 0 Å². The minimum Gasteiger partial charge on any atom is -0.0870 e. The molecule has 0 saturated carbocycles. The van der Waals surface area contributed by atoms with E-state index in [1.165, 1.54) is 98.7 Å². The van der Waals surface area contributed by atoms with E-state index >= 15 is 0 Å². The Hall–Kier alpha value is -5.98. The monoisotopic (exact) mass is 610 g/mol. The molecule has 0 amide bonds. The third-order valence-corrected chi connectivity index (χ3v) is 10.1. The highest BCUT2D eigenvalue weighted by Gasteiger charge is 2.13. The number of benzene rings is 9. The van der Waals surface area contributed by atoms with Crippen LogP contribution in [0.2, 0.25) is 0 Å². The van der Waals surface area contributed by atoms with Crippen molar-refractivity contribution in [2.24, 2.45) is 0 Å². The van der Waals surface area contributed by atoms with E-state index in [2.05, 4.69) is 184 Å². The lowest BCUT2D eigenvalue weighted by Gasteiger charge is -2.15. The fourth-order valence-corrected chi connectivity index (χ4v) is 7.77. The second-order valence-corrected chi connectivity index (χ2v) is 12.9. The van der Waals surface area contributed by atoms with Crippen molar-refractivity contribution in [1.29, 1.82) is 0 Å². The van der Waals surface area contributed by atoms with Crippen molar-refractivity contribution in [1.82, 2.24) is 0 Å². The molecule has 0 unspecified atom stereocenters. The standard InChI is InChI=1S/C48H34/c1-3-8-34-23-26-42(44-16-4-9-31(2)46(34)44)40-14-6-12-38(29-40)32-17-19-33(20-18-32)39-13-7-15-41(30-39)43-27-24-37-22-21-35-10-5-11-36-25-28-45(43)48(37)47(35)36/h3-30H,1-2H3/b8-3-. The first-order valence-electron chi connectivity index (χ1n) is 16.8. The molecule has 0 aliphatic rings. The Morgan fingerprint density at radius 3 is 1.52 bits per heavy atom. The minimum absolute atomic E-state index is 1.22. The molecule has 0 heterocycles. The molecule has 9 rings (SSSR count). The molecule has 9 aromatic carbocycles. The van der Waals surface area contributed by atoms with Crippen LogP contribution in [0.3, 0.4) is 0 Å². The van der Waals surface area contributed by atoms with Crippen LogP contribution in [0.1, 0.15) is 18.1 Å². The van der Waals surface area contributed by atoms with Crippen molar-refractivity contribution in [2.75, 3.05) is 0 Å². The number of allylic oxidation sites excluding steroid dienone is 1. The molecular formula is C48H34. The Kier molecular flexibility index (Phi) is 6.69. The molecule has 0 spiro atoms. The van der Waals surface area contributed by atoms with E-state index in [0.29, 0.717) is 0 Å². The van der Waals surface area contributed by atoms with Gasteiger partial charge in [-0.2, -0.15) is 0 Å². The zero-order valence-electron chi connectivity index (χ0n) is 27.2. The average Bonchev–Trinajstić information content (AvgIpc) is 3.14. The van der Waals surface area contributed by atoms with Gasteiger partial charge in [0.1, 0.15) is 0 Å². The summed E-state index contributed by atoms with van der Waals surface area (Å²) < 4.78 is 0. The van der Waals surface area contributed by atoms with Crippen molar-refractivity contribution in [2.45, 2.75) is 13.8 Å². The zero-order valence-corrected chi connectivity index (χ0v) is 27.2. The van der Waals surface area contributed by atoms with Gasteiger partial charge in [-0.3, -0.25) is 0 Å². The molecule has 0 atom stereocenters. The van der Waals surface area contributed by atoms with E-state index < -0.39 is 0 Å². The number of rotatable bonds is 5. The van der Waals surface area contributed by atoms with E-state index in [9.17, 15) is 0 Å². The highest BCUT2D eigenvalue weighted by molar-refractivity contribution is 6.25. The van der Waals surface area contributed by atoms with Crippen molar-refractivity contribution in [3.8, 4) is 44.5 Å². The molecule has 226 valence electrons. The molecule has 0 saturated heterocycles. The van der Waals surface area contributed by atoms with Crippen molar-refractivity contribution in [3.63, 3.8) is 0 Å². The van der Waals surface area contributed by atoms with Gasteiger partial charge in [0.25, 0.3) is 0 Å². The lowest BCUT2D eigenvalue weighted by Crippen LogP contribution is -1.89. The summed E-state index contributed by atoms with van der Waals surface area (Å²) in [4.78, 5) is 0. The predicted molar refractivity (Wildman–Crippen MR) is 209 cm³/mol. The first-order chi connectivity index (χ1) is 23.7. The summed E-state index contributed by atoms with van der Waals surface area (Å²) in [5, 5.41) is 10.5. The largest absolute Gasteiger partial charge is 0.0870 e. The van der Waals surface area contributed by atoms with Gasteiger partial charge in [0.15, 0.2) is 0 Å². The molecule has 0 aliphatic heterocycles. The third-order valence-electron chi connectivity index (χ3n) is 10.1. The lowest BCUT2D eigenvalue weighted by atomic mass is 9.89. The van der Waals surface area contributed by atoms with Gasteiger partial charge in [0.05, 0.1) is 0 Å². The van der Waals surface area contributed by atoms with Gasteiger partial charge in [-0.15, -0.1) is 0 Å². The summed E-state index contributed by atoms with van der Waals surface area (Å²) in [6.45, 7) is 4.29. The molecule has 0 aliphatic carbocycles. The van der Waals surface area contributed by atoms with Crippen molar-refractivity contribution in [3.05, 3.63) is 175 Å². The lowest BCUT2D eigenvalue weighted by molar-refractivity contribution is 1.52. The quantitative estimate of drug-likeness (QED) is 0.170. The highest BCUT2D eigenvalue weighted by atomic mass is 14.2. The zero-order chi connectivity index (χ0) is 32.2. The van der Waals surface area contributed by atoms with Crippen LogP contribution in [0.25, 0.3) is 93.7 Å². The molecule has 0 fully saturated rings. The fourth-order valence-electron chi connectivity index (χ4n) is 7.77. The predicted octanol–water partition coefficient (Wildman–Crippen LogP) is 13.7. The Morgan fingerprint density at radius 1 is 0.375 bits per heavy atom. The van der Waals surface area contributed by atoms with Crippen LogP contribution < -0.4 is 0 Å². The first kappa shape index (κ1) is 28.3. The molecule has 0 aromatic heterocycles. The fraction of sp³-hybridized carbons (Fsp3) is 0.0417. The second-order valence-electron chi connectivity index (χ2n) is 12.9. The molecule has 0 nitrogen and oxygen atoms in total. The van der Waals surface area contributed by atoms with Crippen LogP contribution in [-0.2, 0) is 0 Å². The maximum Gasteiger partial charge on any atom is -0.00206 e. The third kappa shape index (κ3) is 4.61. The molecule has 0 heteroatoms. The Morgan fingerprint density at radius 2 is 0.875 bits per heavy atom. The summed E-state index contributed by atoms with van der Waals surface area (Å²) in [6.07, 6.45) is 4.33. The van der Waals surface area contributed by atoms with Crippen LogP contribution in [0.4, 0.5) is 0 Å². The van der Waals surface area contributed by atoms with Crippen LogP contribution in [0, 0.1) is 6.92 Å².